The Kier molecular flexibility index (Phi) is 11.3. The normalized spacial score (nSPS) is 11.4. The van der Waals surface area contributed by atoms with E-state index in [2.05, 4.69) is 15.6 Å². The fourth-order valence-corrected chi connectivity index (χ4v) is 2.74. The molecule has 0 radical (unpaired) electrons. The van der Waals surface area contributed by atoms with Gasteiger partial charge in [0.1, 0.15) is 12.4 Å². The zero-order valence-corrected chi connectivity index (χ0v) is 20.5. The first-order chi connectivity index (χ1) is 14.7. The smallest absolute Gasteiger partial charge is 0.416 e. The molecule has 0 fully saturated rings. The van der Waals surface area contributed by atoms with Crippen molar-refractivity contribution < 1.29 is 22.7 Å². The van der Waals surface area contributed by atoms with E-state index in [-0.39, 0.29) is 36.5 Å². The molecule has 10 heteroatoms. The van der Waals surface area contributed by atoms with Gasteiger partial charge in [0.25, 0.3) is 5.91 Å². The van der Waals surface area contributed by atoms with Crippen molar-refractivity contribution in [3.63, 3.8) is 0 Å². The number of carbonyl (C=O) groups excluding carboxylic acids is 1. The highest BCUT2D eigenvalue weighted by Gasteiger charge is 2.29. The van der Waals surface area contributed by atoms with E-state index >= 15 is 0 Å². The Labute approximate surface area is 203 Å². The third-order valence-electron chi connectivity index (χ3n) is 4.35. The van der Waals surface area contributed by atoms with Crippen molar-refractivity contribution in [1.82, 2.24) is 15.5 Å². The summed E-state index contributed by atoms with van der Waals surface area (Å²) in [5.74, 6) is 0.904. The van der Waals surface area contributed by atoms with Gasteiger partial charge in [0.05, 0.1) is 12.1 Å². The molecule has 32 heavy (non-hydrogen) atoms. The first-order valence-corrected chi connectivity index (χ1v) is 9.76. The summed E-state index contributed by atoms with van der Waals surface area (Å²) >= 11 is 0. The van der Waals surface area contributed by atoms with E-state index in [0.29, 0.717) is 36.8 Å². The second kappa shape index (κ2) is 13.1. The van der Waals surface area contributed by atoms with E-state index < -0.39 is 11.7 Å². The number of benzene rings is 2. The van der Waals surface area contributed by atoms with Crippen LogP contribution in [0.5, 0.6) is 5.75 Å². The van der Waals surface area contributed by atoms with Crippen LogP contribution in [0.1, 0.15) is 21.5 Å². The number of alkyl halides is 3. The van der Waals surface area contributed by atoms with Crippen molar-refractivity contribution in [2.45, 2.75) is 12.6 Å². The van der Waals surface area contributed by atoms with Crippen LogP contribution in [0.2, 0.25) is 0 Å². The van der Waals surface area contributed by atoms with Crippen LogP contribution in [0.4, 0.5) is 13.2 Å². The molecule has 0 heterocycles. The van der Waals surface area contributed by atoms with E-state index in [9.17, 15) is 18.0 Å². The van der Waals surface area contributed by atoms with Crippen molar-refractivity contribution in [3.05, 3.63) is 65.2 Å². The maximum atomic E-state index is 12.6. The minimum atomic E-state index is -4.36. The molecule has 176 valence electrons. The molecule has 0 aromatic heterocycles. The number of nitrogens with one attached hydrogen (secondary N) is 2. The number of amides is 1. The Morgan fingerprint density at radius 1 is 1.06 bits per heavy atom. The number of hydrogen-bond acceptors (Lipinski definition) is 3. The van der Waals surface area contributed by atoms with Gasteiger partial charge >= 0.3 is 6.18 Å². The van der Waals surface area contributed by atoms with Crippen LogP contribution < -0.4 is 15.4 Å². The molecule has 0 unspecified atom stereocenters. The van der Waals surface area contributed by atoms with Gasteiger partial charge in [-0.05, 0) is 48.4 Å². The number of rotatable bonds is 8. The first kappa shape index (κ1) is 27.5. The van der Waals surface area contributed by atoms with Crippen molar-refractivity contribution in [1.29, 1.82) is 0 Å². The number of ether oxygens (including phenoxy) is 1. The molecule has 2 aromatic rings. The van der Waals surface area contributed by atoms with Gasteiger partial charge in [-0.2, -0.15) is 13.2 Å². The number of carbonyl (C=O) groups is 1. The summed E-state index contributed by atoms with van der Waals surface area (Å²) in [6.07, 6.45) is -3.65. The Hall–Kier alpha value is -2.50. The first-order valence-electron chi connectivity index (χ1n) is 9.76. The molecule has 0 aliphatic rings. The number of hydrogen-bond donors (Lipinski definition) is 2. The summed E-state index contributed by atoms with van der Waals surface area (Å²) in [5, 5.41) is 6.25. The standard InChI is InChI=1S/C22H27F3N4O2.HI/c1-26-21(27-12-11-16-5-4-6-17(15-16)20(30)29(2)3)28-13-14-31-19-9-7-18(8-10-19)22(23,24)25;/h4-10,15H,11-14H2,1-3H3,(H2,26,27,28);1H. The van der Waals surface area contributed by atoms with E-state index in [4.69, 9.17) is 4.74 Å². The topological polar surface area (TPSA) is 66.0 Å². The fourth-order valence-electron chi connectivity index (χ4n) is 2.74. The zero-order chi connectivity index (χ0) is 22.9. The third-order valence-corrected chi connectivity index (χ3v) is 4.35. The monoisotopic (exact) mass is 564 g/mol. The molecule has 2 N–H and O–H groups in total. The number of aliphatic imine (C=N–C) groups is 1. The lowest BCUT2D eigenvalue weighted by Crippen LogP contribution is -2.40. The maximum absolute atomic E-state index is 12.6. The van der Waals surface area contributed by atoms with Crippen molar-refractivity contribution in [2.75, 3.05) is 40.8 Å². The zero-order valence-electron chi connectivity index (χ0n) is 18.2. The maximum Gasteiger partial charge on any atom is 0.416 e. The molecular weight excluding hydrogens is 536 g/mol. The molecule has 0 aliphatic carbocycles. The molecular formula is C22H28F3IN4O2. The van der Waals surface area contributed by atoms with E-state index in [1.165, 1.54) is 17.0 Å². The van der Waals surface area contributed by atoms with Crippen LogP contribution >= 0.6 is 24.0 Å². The molecule has 0 spiro atoms. The Balaban J connectivity index is 0.00000512. The summed E-state index contributed by atoms with van der Waals surface area (Å²) in [6, 6.07) is 12.1. The van der Waals surface area contributed by atoms with Gasteiger partial charge < -0.3 is 20.3 Å². The van der Waals surface area contributed by atoms with E-state index in [1.54, 1.807) is 27.2 Å². The van der Waals surface area contributed by atoms with Gasteiger partial charge in [0, 0.05) is 33.3 Å². The van der Waals surface area contributed by atoms with Crippen molar-refractivity contribution in [2.24, 2.45) is 4.99 Å². The summed E-state index contributed by atoms with van der Waals surface area (Å²) in [5.41, 5.74) is 0.964. The van der Waals surface area contributed by atoms with Crippen molar-refractivity contribution in [3.8, 4) is 5.75 Å². The second-order valence-electron chi connectivity index (χ2n) is 6.95. The minimum Gasteiger partial charge on any atom is -0.492 e. The lowest BCUT2D eigenvalue weighted by Gasteiger charge is -2.14. The summed E-state index contributed by atoms with van der Waals surface area (Å²) < 4.78 is 43.1. The lowest BCUT2D eigenvalue weighted by molar-refractivity contribution is -0.137. The van der Waals surface area contributed by atoms with Gasteiger partial charge in [-0.1, -0.05) is 12.1 Å². The Morgan fingerprint density at radius 2 is 1.72 bits per heavy atom. The van der Waals surface area contributed by atoms with Crippen LogP contribution in [0, 0.1) is 0 Å². The summed E-state index contributed by atoms with van der Waals surface area (Å²) in [7, 11) is 5.07. The molecule has 0 aliphatic heterocycles. The Bertz CT molecular complexity index is 887. The highest BCUT2D eigenvalue weighted by Crippen LogP contribution is 2.30. The molecule has 2 rings (SSSR count). The predicted molar refractivity (Wildman–Crippen MR) is 130 cm³/mol. The molecule has 1 amide bonds. The Morgan fingerprint density at radius 3 is 2.31 bits per heavy atom. The fraction of sp³-hybridized carbons (Fsp3) is 0.364. The molecule has 2 aromatic carbocycles. The number of nitrogens with zero attached hydrogens (tertiary/aromatic N) is 2. The highest BCUT2D eigenvalue weighted by atomic mass is 127. The molecule has 0 saturated carbocycles. The van der Waals surface area contributed by atoms with E-state index in [0.717, 1.165) is 17.7 Å². The van der Waals surface area contributed by atoms with Gasteiger partial charge in [-0.3, -0.25) is 9.79 Å². The average Bonchev–Trinajstić information content (AvgIpc) is 2.74. The summed E-state index contributed by atoms with van der Waals surface area (Å²) in [6.45, 7) is 1.30. The van der Waals surface area contributed by atoms with Crippen molar-refractivity contribution >= 4 is 35.8 Å². The van der Waals surface area contributed by atoms with Gasteiger partial charge in [-0.25, -0.2) is 0 Å². The van der Waals surface area contributed by atoms with Crippen LogP contribution in [-0.4, -0.2) is 57.6 Å². The number of guanidine groups is 1. The number of halogens is 4. The molecule has 0 atom stereocenters. The second-order valence-corrected chi connectivity index (χ2v) is 6.95. The van der Waals surface area contributed by atoms with Crippen LogP contribution in [0.15, 0.2) is 53.5 Å². The van der Waals surface area contributed by atoms with Crippen LogP contribution in [0.25, 0.3) is 0 Å². The third kappa shape index (κ3) is 8.93. The molecule has 0 bridgehead atoms. The van der Waals surface area contributed by atoms with Gasteiger partial charge in [0.15, 0.2) is 5.96 Å². The molecule has 6 nitrogen and oxygen atoms in total. The average molecular weight is 564 g/mol. The van der Waals surface area contributed by atoms with Crippen LogP contribution in [0.3, 0.4) is 0 Å². The van der Waals surface area contributed by atoms with Gasteiger partial charge in [0.2, 0.25) is 0 Å². The molecule has 0 saturated heterocycles. The SMILES string of the molecule is CN=C(NCCOc1ccc(C(F)(F)F)cc1)NCCc1cccc(C(=O)N(C)C)c1.I. The largest absolute Gasteiger partial charge is 0.492 e. The van der Waals surface area contributed by atoms with Crippen LogP contribution in [-0.2, 0) is 12.6 Å². The predicted octanol–water partition coefficient (Wildman–Crippen LogP) is 3.81. The van der Waals surface area contributed by atoms with E-state index in [1.807, 2.05) is 18.2 Å². The quantitative estimate of drug-likeness (QED) is 0.222. The lowest BCUT2D eigenvalue weighted by atomic mass is 10.1. The highest BCUT2D eigenvalue weighted by molar-refractivity contribution is 14.0. The van der Waals surface area contributed by atoms with Gasteiger partial charge in [-0.15, -0.1) is 24.0 Å². The summed E-state index contributed by atoms with van der Waals surface area (Å²) in [4.78, 5) is 17.7. The minimum absolute atomic E-state index is 0.